The molecule has 1 aliphatic rings. The van der Waals surface area contributed by atoms with Crippen molar-refractivity contribution < 1.29 is 23.4 Å². The summed E-state index contributed by atoms with van der Waals surface area (Å²) in [5, 5.41) is 0. The number of methoxy groups -OCH3 is 2. The largest absolute Gasteiger partial charge is 0.497 e. The van der Waals surface area contributed by atoms with Gasteiger partial charge >= 0.3 is 0 Å². The first-order chi connectivity index (χ1) is 13.1. The standard InChI is InChI=1S/C21H22FNO4/c1-25-18-9-5-15(19(13-18)26-2)6-10-21(24)23-11-12-27-20(14-23)16-3-7-17(22)8-4-16/h3-10,13,20H,11-12,14H2,1-2H3/b10-6+. The van der Waals surface area contributed by atoms with Gasteiger partial charge in [-0.15, -0.1) is 0 Å². The summed E-state index contributed by atoms with van der Waals surface area (Å²) in [7, 11) is 3.16. The highest BCUT2D eigenvalue weighted by Crippen LogP contribution is 2.26. The number of carbonyl (C=O) groups excluding carboxylic acids is 1. The molecule has 142 valence electrons. The first-order valence-corrected chi connectivity index (χ1v) is 8.67. The van der Waals surface area contributed by atoms with Gasteiger partial charge in [0.05, 0.1) is 27.4 Å². The fraction of sp³-hybridized carbons (Fsp3) is 0.286. The van der Waals surface area contributed by atoms with Crippen LogP contribution in [0.25, 0.3) is 6.08 Å². The summed E-state index contributed by atoms with van der Waals surface area (Å²) in [6.07, 6.45) is 2.99. The lowest BCUT2D eigenvalue weighted by atomic mass is 10.1. The molecule has 6 heteroatoms. The van der Waals surface area contributed by atoms with Gasteiger partial charge in [-0.25, -0.2) is 4.39 Å². The van der Waals surface area contributed by atoms with Crippen molar-refractivity contribution in [2.75, 3.05) is 33.9 Å². The Bertz CT molecular complexity index is 819. The molecule has 5 nitrogen and oxygen atoms in total. The molecule has 1 amide bonds. The number of carbonyl (C=O) groups is 1. The monoisotopic (exact) mass is 371 g/mol. The van der Waals surface area contributed by atoms with E-state index in [1.807, 2.05) is 12.1 Å². The normalized spacial score (nSPS) is 17.1. The second-order valence-corrected chi connectivity index (χ2v) is 6.14. The van der Waals surface area contributed by atoms with E-state index in [2.05, 4.69) is 0 Å². The molecule has 1 atom stereocenters. The van der Waals surface area contributed by atoms with E-state index in [0.717, 1.165) is 11.1 Å². The zero-order valence-electron chi connectivity index (χ0n) is 15.4. The molecule has 0 aliphatic carbocycles. The average molecular weight is 371 g/mol. The van der Waals surface area contributed by atoms with Crippen molar-refractivity contribution in [3.05, 3.63) is 65.5 Å². The predicted octanol–water partition coefficient (Wildman–Crippen LogP) is 3.46. The number of morpholine rings is 1. The minimum atomic E-state index is -0.293. The van der Waals surface area contributed by atoms with Gasteiger partial charge in [0.25, 0.3) is 0 Å². The van der Waals surface area contributed by atoms with Gasteiger partial charge in [0, 0.05) is 24.3 Å². The van der Waals surface area contributed by atoms with Crippen molar-refractivity contribution in [3.63, 3.8) is 0 Å². The van der Waals surface area contributed by atoms with E-state index >= 15 is 0 Å². The summed E-state index contributed by atoms with van der Waals surface area (Å²) in [5.41, 5.74) is 1.64. The Hall–Kier alpha value is -2.86. The molecule has 0 aromatic heterocycles. The topological polar surface area (TPSA) is 48.0 Å². The Morgan fingerprint density at radius 2 is 1.96 bits per heavy atom. The van der Waals surface area contributed by atoms with E-state index in [0.29, 0.717) is 31.2 Å². The molecule has 0 N–H and O–H groups in total. The third-order valence-corrected chi connectivity index (χ3v) is 4.47. The van der Waals surface area contributed by atoms with Gasteiger partial charge in [0.15, 0.2) is 0 Å². The van der Waals surface area contributed by atoms with Crippen molar-refractivity contribution in [3.8, 4) is 11.5 Å². The summed E-state index contributed by atoms with van der Waals surface area (Å²) in [6.45, 7) is 1.38. The van der Waals surface area contributed by atoms with E-state index in [1.165, 1.54) is 18.2 Å². The van der Waals surface area contributed by atoms with Crippen LogP contribution in [0.2, 0.25) is 0 Å². The lowest BCUT2D eigenvalue weighted by molar-refractivity contribution is -0.133. The molecule has 0 spiro atoms. The molecular formula is C21H22FNO4. The van der Waals surface area contributed by atoms with Crippen LogP contribution in [0.5, 0.6) is 11.5 Å². The number of hydrogen-bond acceptors (Lipinski definition) is 4. The molecule has 1 heterocycles. The highest BCUT2D eigenvalue weighted by atomic mass is 19.1. The third-order valence-electron chi connectivity index (χ3n) is 4.47. The smallest absolute Gasteiger partial charge is 0.246 e. The molecule has 0 saturated carbocycles. The van der Waals surface area contributed by atoms with Crippen molar-refractivity contribution in [1.82, 2.24) is 4.90 Å². The zero-order chi connectivity index (χ0) is 19.2. The van der Waals surface area contributed by atoms with Crippen LogP contribution < -0.4 is 9.47 Å². The first kappa shape index (κ1) is 18.9. The predicted molar refractivity (Wildman–Crippen MR) is 100 cm³/mol. The summed E-state index contributed by atoms with van der Waals surface area (Å²) in [4.78, 5) is 14.3. The van der Waals surface area contributed by atoms with Gasteiger partial charge in [-0.2, -0.15) is 0 Å². The van der Waals surface area contributed by atoms with E-state index in [-0.39, 0.29) is 17.8 Å². The summed E-state index contributed by atoms with van der Waals surface area (Å²) < 4.78 is 29.4. The van der Waals surface area contributed by atoms with Crippen molar-refractivity contribution in [1.29, 1.82) is 0 Å². The average Bonchev–Trinajstić information content (AvgIpc) is 2.72. The zero-order valence-corrected chi connectivity index (χ0v) is 15.4. The van der Waals surface area contributed by atoms with E-state index < -0.39 is 0 Å². The van der Waals surface area contributed by atoms with Crippen LogP contribution in [0, 0.1) is 5.82 Å². The lowest BCUT2D eigenvalue weighted by Crippen LogP contribution is -2.41. The maximum Gasteiger partial charge on any atom is 0.246 e. The van der Waals surface area contributed by atoms with Gasteiger partial charge in [-0.1, -0.05) is 12.1 Å². The Morgan fingerprint density at radius 3 is 2.67 bits per heavy atom. The Labute approximate surface area is 158 Å². The second kappa shape index (κ2) is 8.68. The number of benzene rings is 2. The number of nitrogens with zero attached hydrogens (tertiary/aromatic N) is 1. The molecule has 2 aromatic carbocycles. The summed E-state index contributed by atoms with van der Waals surface area (Å²) >= 11 is 0. The summed E-state index contributed by atoms with van der Waals surface area (Å²) in [6, 6.07) is 11.6. The van der Waals surface area contributed by atoms with Crippen molar-refractivity contribution >= 4 is 12.0 Å². The van der Waals surface area contributed by atoms with Crippen LogP contribution in [0.15, 0.2) is 48.5 Å². The molecule has 1 aliphatic heterocycles. The van der Waals surface area contributed by atoms with Gasteiger partial charge in [-0.3, -0.25) is 4.79 Å². The molecular weight excluding hydrogens is 349 g/mol. The summed E-state index contributed by atoms with van der Waals surface area (Å²) in [5.74, 6) is 0.914. The van der Waals surface area contributed by atoms with Crippen LogP contribution in [0.1, 0.15) is 17.2 Å². The maximum atomic E-state index is 13.1. The third kappa shape index (κ3) is 4.65. The minimum absolute atomic E-state index is 0.108. The minimum Gasteiger partial charge on any atom is -0.497 e. The van der Waals surface area contributed by atoms with Crippen LogP contribution in [-0.2, 0) is 9.53 Å². The fourth-order valence-corrected chi connectivity index (χ4v) is 2.95. The quantitative estimate of drug-likeness (QED) is 0.756. The van der Waals surface area contributed by atoms with Gasteiger partial charge in [0.2, 0.25) is 5.91 Å². The molecule has 1 saturated heterocycles. The number of ether oxygens (including phenoxy) is 3. The Balaban J connectivity index is 1.68. The van der Waals surface area contributed by atoms with Crippen LogP contribution >= 0.6 is 0 Å². The number of amides is 1. The number of halogens is 1. The maximum absolute atomic E-state index is 13.1. The Kier molecular flexibility index (Phi) is 6.08. The highest BCUT2D eigenvalue weighted by Gasteiger charge is 2.24. The molecule has 1 unspecified atom stereocenters. The number of rotatable bonds is 5. The SMILES string of the molecule is COc1ccc(/C=C/C(=O)N2CCOC(c3ccc(F)cc3)C2)c(OC)c1. The molecule has 27 heavy (non-hydrogen) atoms. The molecule has 3 rings (SSSR count). The van der Waals surface area contributed by atoms with E-state index in [9.17, 15) is 9.18 Å². The van der Waals surface area contributed by atoms with Gasteiger partial charge < -0.3 is 19.1 Å². The molecule has 0 radical (unpaired) electrons. The first-order valence-electron chi connectivity index (χ1n) is 8.67. The van der Waals surface area contributed by atoms with E-state index in [4.69, 9.17) is 14.2 Å². The molecule has 1 fully saturated rings. The van der Waals surface area contributed by atoms with Crippen LogP contribution in [0.4, 0.5) is 4.39 Å². The number of hydrogen-bond donors (Lipinski definition) is 0. The van der Waals surface area contributed by atoms with Crippen molar-refractivity contribution in [2.24, 2.45) is 0 Å². The van der Waals surface area contributed by atoms with Gasteiger partial charge in [-0.05, 0) is 35.9 Å². The highest BCUT2D eigenvalue weighted by molar-refractivity contribution is 5.92. The molecule has 2 aromatic rings. The second-order valence-electron chi connectivity index (χ2n) is 6.14. The Morgan fingerprint density at radius 1 is 1.19 bits per heavy atom. The molecule has 0 bridgehead atoms. The van der Waals surface area contributed by atoms with Crippen LogP contribution in [-0.4, -0.2) is 44.7 Å². The van der Waals surface area contributed by atoms with Crippen molar-refractivity contribution in [2.45, 2.75) is 6.10 Å². The van der Waals surface area contributed by atoms with Crippen LogP contribution in [0.3, 0.4) is 0 Å². The lowest BCUT2D eigenvalue weighted by Gasteiger charge is -2.32. The van der Waals surface area contributed by atoms with Gasteiger partial charge in [0.1, 0.15) is 23.4 Å². The fourth-order valence-electron chi connectivity index (χ4n) is 2.95. The van der Waals surface area contributed by atoms with E-state index in [1.54, 1.807) is 43.4 Å².